The number of benzene rings is 1. The van der Waals surface area contributed by atoms with Crippen molar-refractivity contribution in [2.75, 3.05) is 19.5 Å². The summed E-state index contributed by atoms with van der Waals surface area (Å²) >= 11 is 0. The predicted octanol–water partition coefficient (Wildman–Crippen LogP) is 3.33. The summed E-state index contributed by atoms with van der Waals surface area (Å²) in [5.74, 6) is -1.23. The molecule has 0 spiro atoms. The summed E-state index contributed by atoms with van der Waals surface area (Å²) in [6.45, 7) is 0. The van der Waals surface area contributed by atoms with E-state index in [2.05, 4.69) is 10.3 Å². The SMILES string of the molecule is COP(OC)c1ccnc(F)c1Nc1ccccc1F. The minimum Gasteiger partial charge on any atom is -0.349 e. The normalized spacial score (nSPS) is 10.8. The maximum Gasteiger partial charge on any atom is 0.237 e. The molecule has 1 aromatic carbocycles. The van der Waals surface area contributed by atoms with Gasteiger partial charge in [0.05, 0.1) is 11.0 Å². The van der Waals surface area contributed by atoms with Crippen molar-refractivity contribution in [2.24, 2.45) is 0 Å². The third-order valence-electron chi connectivity index (χ3n) is 2.54. The van der Waals surface area contributed by atoms with Crippen LogP contribution < -0.4 is 10.6 Å². The average Bonchev–Trinajstić information content (AvgIpc) is 2.45. The molecule has 0 saturated carbocycles. The van der Waals surface area contributed by atoms with Gasteiger partial charge in [-0.1, -0.05) is 12.1 Å². The topological polar surface area (TPSA) is 43.4 Å². The highest BCUT2D eigenvalue weighted by Crippen LogP contribution is 2.38. The lowest BCUT2D eigenvalue weighted by Crippen LogP contribution is -2.13. The van der Waals surface area contributed by atoms with Crippen molar-refractivity contribution in [3.8, 4) is 0 Å². The van der Waals surface area contributed by atoms with Crippen molar-refractivity contribution >= 4 is 25.1 Å². The molecule has 106 valence electrons. The van der Waals surface area contributed by atoms with Crippen LogP contribution in [0.15, 0.2) is 36.5 Å². The Morgan fingerprint density at radius 2 is 1.80 bits per heavy atom. The van der Waals surface area contributed by atoms with Gasteiger partial charge in [-0.3, -0.25) is 0 Å². The van der Waals surface area contributed by atoms with Gasteiger partial charge in [0.2, 0.25) is 14.3 Å². The van der Waals surface area contributed by atoms with E-state index in [1.807, 2.05) is 0 Å². The summed E-state index contributed by atoms with van der Waals surface area (Å²) < 4.78 is 37.9. The molecule has 7 heteroatoms. The number of aromatic nitrogens is 1. The highest BCUT2D eigenvalue weighted by atomic mass is 31.2. The minimum atomic E-state index is -1.46. The molecule has 2 rings (SSSR count). The molecule has 1 heterocycles. The molecule has 0 saturated heterocycles. The van der Waals surface area contributed by atoms with Crippen molar-refractivity contribution in [3.63, 3.8) is 0 Å². The molecule has 0 amide bonds. The van der Waals surface area contributed by atoms with Gasteiger partial charge < -0.3 is 14.4 Å². The standard InChI is InChI=1S/C13H13F2N2O2P/c1-18-20(19-2)11-7-8-16-13(15)12(11)17-10-6-4-3-5-9(10)14/h3-8,17H,1-2H3. The molecule has 1 N–H and O–H groups in total. The predicted molar refractivity (Wildman–Crippen MR) is 74.4 cm³/mol. The Balaban J connectivity index is 2.43. The largest absolute Gasteiger partial charge is 0.349 e. The lowest BCUT2D eigenvalue weighted by molar-refractivity contribution is 0.350. The number of para-hydroxylation sites is 1. The number of pyridine rings is 1. The average molecular weight is 298 g/mol. The summed E-state index contributed by atoms with van der Waals surface area (Å²) in [7, 11) is 1.46. The number of halogens is 2. The van der Waals surface area contributed by atoms with Gasteiger partial charge in [0.25, 0.3) is 0 Å². The summed E-state index contributed by atoms with van der Waals surface area (Å²) in [4.78, 5) is 3.56. The Kier molecular flexibility index (Phi) is 4.95. The summed E-state index contributed by atoms with van der Waals surface area (Å²) in [6, 6.07) is 7.57. The summed E-state index contributed by atoms with van der Waals surface area (Å²) in [5.41, 5.74) is 0.204. The second-order valence-corrected chi connectivity index (χ2v) is 5.45. The van der Waals surface area contributed by atoms with Crippen LogP contribution in [0.3, 0.4) is 0 Å². The smallest absolute Gasteiger partial charge is 0.237 e. The maximum atomic E-state index is 13.9. The van der Waals surface area contributed by atoms with E-state index in [0.29, 0.717) is 5.30 Å². The van der Waals surface area contributed by atoms with Crippen LogP contribution in [0.2, 0.25) is 0 Å². The van der Waals surface area contributed by atoms with Crippen LogP contribution in [0.25, 0.3) is 0 Å². The quantitative estimate of drug-likeness (QED) is 0.679. The first-order chi connectivity index (χ1) is 9.67. The summed E-state index contributed by atoms with van der Waals surface area (Å²) in [5, 5.41) is 3.16. The van der Waals surface area contributed by atoms with Crippen molar-refractivity contribution in [3.05, 3.63) is 48.3 Å². The molecule has 0 aliphatic carbocycles. The Bertz CT molecular complexity index is 594. The first-order valence-electron chi connectivity index (χ1n) is 5.71. The third-order valence-corrected chi connectivity index (χ3v) is 3.97. The Morgan fingerprint density at radius 3 is 2.45 bits per heavy atom. The van der Waals surface area contributed by atoms with E-state index >= 15 is 0 Å². The number of nitrogens with one attached hydrogen (secondary N) is 1. The Hall–Kier alpha value is -1.62. The Morgan fingerprint density at radius 1 is 1.10 bits per heavy atom. The zero-order valence-corrected chi connectivity index (χ0v) is 11.8. The van der Waals surface area contributed by atoms with Gasteiger partial charge in [-0.2, -0.15) is 4.39 Å². The van der Waals surface area contributed by atoms with Crippen LogP contribution in [0.1, 0.15) is 0 Å². The molecular formula is C13H13F2N2O2P. The van der Waals surface area contributed by atoms with Crippen LogP contribution in [-0.2, 0) is 9.05 Å². The van der Waals surface area contributed by atoms with E-state index in [4.69, 9.17) is 9.05 Å². The lowest BCUT2D eigenvalue weighted by Gasteiger charge is -2.17. The van der Waals surface area contributed by atoms with Gasteiger partial charge >= 0.3 is 0 Å². The molecular weight excluding hydrogens is 285 g/mol. The van der Waals surface area contributed by atoms with Crippen molar-refractivity contribution in [1.82, 2.24) is 4.98 Å². The van der Waals surface area contributed by atoms with E-state index in [9.17, 15) is 8.78 Å². The fourth-order valence-electron chi connectivity index (χ4n) is 1.66. The molecule has 2 aromatic rings. The highest BCUT2D eigenvalue weighted by Gasteiger charge is 2.20. The number of hydrogen-bond acceptors (Lipinski definition) is 4. The van der Waals surface area contributed by atoms with Gasteiger partial charge in [0.1, 0.15) is 11.5 Å². The fourth-order valence-corrected chi connectivity index (χ4v) is 2.72. The van der Waals surface area contributed by atoms with Crippen LogP contribution >= 0.6 is 8.38 Å². The van der Waals surface area contributed by atoms with E-state index < -0.39 is 20.1 Å². The zero-order valence-electron chi connectivity index (χ0n) is 10.9. The monoisotopic (exact) mass is 298 g/mol. The van der Waals surface area contributed by atoms with Gasteiger partial charge in [-0.25, -0.2) is 9.37 Å². The fraction of sp³-hybridized carbons (Fsp3) is 0.154. The third kappa shape index (κ3) is 3.10. The summed E-state index contributed by atoms with van der Waals surface area (Å²) in [6.07, 6.45) is 1.31. The Labute approximate surface area is 116 Å². The van der Waals surface area contributed by atoms with E-state index in [-0.39, 0.29) is 11.4 Å². The van der Waals surface area contributed by atoms with Crippen LogP contribution in [0.5, 0.6) is 0 Å². The van der Waals surface area contributed by atoms with Crippen molar-refractivity contribution < 1.29 is 17.8 Å². The molecule has 0 unspecified atom stereocenters. The lowest BCUT2D eigenvalue weighted by atomic mass is 10.3. The molecule has 0 aliphatic rings. The molecule has 0 atom stereocenters. The molecule has 0 radical (unpaired) electrons. The maximum absolute atomic E-state index is 13.9. The second kappa shape index (κ2) is 6.70. The number of rotatable bonds is 5. The van der Waals surface area contributed by atoms with Gasteiger partial charge in [-0.15, -0.1) is 0 Å². The molecule has 0 bridgehead atoms. The number of nitrogens with zero attached hydrogens (tertiary/aromatic N) is 1. The van der Waals surface area contributed by atoms with Crippen LogP contribution in [-0.4, -0.2) is 19.2 Å². The van der Waals surface area contributed by atoms with E-state index in [1.165, 1.54) is 32.5 Å². The zero-order chi connectivity index (χ0) is 14.5. The van der Waals surface area contributed by atoms with Gasteiger partial charge in [0.15, 0.2) is 0 Å². The first-order valence-corrected chi connectivity index (χ1v) is 6.89. The van der Waals surface area contributed by atoms with E-state index in [1.54, 1.807) is 18.2 Å². The van der Waals surface area contributed by atoms with Crippen molar-refractivity contribution in [2.45, 2.75) is 0 Å². The van der Waals surface area contributed by atoms with Gasteiger partial charge in [0, 0.05) is 20.4 Å². The molecule has 4 nitrogen and oxygen atoms in total. The minimum absolute atomic E-state index is 0.0485. The number of anilines is 2. The van der Waals surface area contributed by atoms with Crippen LogP contribution in [0, 0.1) is 11.8 Å². The first kappa shape index (κ1) is 14.8. The molecule has 0 aliphatic heterocycles. The number of hydrogen-bond donors (Lipinski definition) is 1. The molecule has 20 heavy (non-hydrogen) atoms. The van der Waals surface area contributed by atoms with Crippen LogP contribution in [0.4, 0.5) is 20.2 Å². The highest BCUT2D eigenvalue weighted by molar-refractivity contribution is 7.56. The van der Waals surface area contributed by atoms with E-state index in [0.717, 1.165) is 0 Å². The van der Waals surface area contributed by atoms with Gasteiger partial charge in [-0.05, 0) is 18.2 Å². The van der Waals surface area contributed by atoms with Crippen molar-refractivity contribution in [1.29, 1.82) is 0 Å². The second-order valence-electron chi connectivity index (χ2n) is 3.72. The molecule has 0 fully saturated rings. The molecule has 1 aromatic heterocycles.